The molecule has 2 rings (SSSR count). The summed E-state index contributed by atoms with van der Waals surface area (Å²) in [4.78, 5) is 25.0. The first kappa shape index (κ1) is 13.1. The van der Waals surface area contributed by atoms with E-state index in [4.69, 9.17) is 5.11 Å². The van der Waals surface area contributed by atoms with Gasteiger partial charge in [0.15, 0.2) is 0 Å². The summed E-state index contributed by atoms with van der Waals surface area (Å²) in [7, 11) is 0. The molecule has 1 unspecified atom stereocenters. The molecule has 1 N–H and O–H groups in total. The third kappa shape index (κ3) is 2.72. The lowest BCUT2D eigenvalue weighted by atomic mass is 9.98. The van der Waals surface area contributed by atoms with Gasteiger partial charge in [-0.3, -0.25) is 9.59 Å². The zero-order valence-electron chi connectivity index (χ0n) is 10.4. The minimum absolute atomic E-state index is 0.0142. The van der Waals surface area contributed by atoms with E-state index in [1.807, 2.05) is 17.7 Å². The second-order valence-electron chi connectivity index (χ2n) is 4.71. The van der Waals surface area contributed by atoms with E-state index in [1.165, 1.54) is 11.3 Å². The Bertz CT molecular complexity index is 455. The molecule has 1 amide bonds. The number of nitrogens with zero attached hydrogens (tertiary/aromatic N) is 1. The van der Waals surface area contributed by atoms with Crippen LogP contribution >= 0.6 is 11.3 Å². The summed E-state index contributed by atoms with van der Waals surface area (Å²) in [6.07, 6.45) is 2.81. The van der Waals surface area contributed by atoms with Crippen molar-refractivity contribution in [2.45, 2.75) is 38.6 Å². The zero-order chi connectivity index (χ0) is 13.1. The van der Waals surface area contributed by atoms with Crippen LogP contribution < -0.4 is 0 Å². The number of thiophene rings is 1. The highest BCUT2D eigenvalue weighted by Gasteiger charge is 2.29. The smallest absolute Gasteiger partial charge is 0.305 e. The van der Waals surface area contributed by atoms with Gasteiger partial charge in [0.25, 0.3) is 5.91 Å². The van der Waals surface area contributed by atoms with Crippen molar-refractivity contribution in [3.63, 3.8) is 0 Å². The van der Waals surface area contributed by atoms with Crippen LogP contribution in [-0.2, 0) is 4.79 Å². The minimum atomic E-state index is -0.832. The van der Waals surface area contributed by atoms with Gasteiger partial charge in [-0.05, 0) is 37.1 Å². The predicted octanol–water partition coefficient (Wildman–Crippen LogP) is 2.53. The average Bonchev–Trinajstić information content (AvgIpc) is 2.74. The van der Waals surface area contributed by atoms with Crippen LogP contribution in [0.4, 0.5) is 0 Å². The van der Waals surface area contributed by atoms with E-state index >= 15 is 0 Å². The molecule has 98 valence electrons. The molecule has 0 radical (unpaired) electrons. The van der Waals surface area contributed by atoms with Crippen molar-refractivity contribution in [3.8, 4) is 0 Å². The monoisotopic (exact) mass is 267 g/mol. The normalized spacial score (nSPS) is 19.8. The van der Waals surface area contributed by atoms with Crippen LogP contribution in [-0.4, -0.2) is 34.5 Å². The SMILES string of the molecule is Cc1cscc1C(=O)N1CCCCC1CC(=O)O. The van der Waals surface area contributed by atoms with E-state index in [0.717, 1.165) is 30.4 Å². The van der Waals surface area contributed by atoms with Crippen LogP contribution in [0.2, 0.25) is 0 Å². The molecule has 1 fully saturated rings. The highest BCUT2D eigenvalue weighted by molar-refractivity contribution is 7.08. The van der Waals surface area contributed by atoms with Crippen LogP contribution in [0.1, 0.15) is 41.6 Å². The summed E-state index contributed by atoms with van der Waals surface area (Å²) in [5.74, 6) is -0.846. The van der Waals surface area contributed by atoms with Gasteiger partial charge in [0.2, 0.25) is 0 Å². The Kier molecular flexibility index (Phi) is 4.01. The highest BCUT2D eigenvalue weighted by Crippen LogP contribution is 2.24. The lowest BCUT2D eigenvalue weighted by Crippen LogP contribution is -2.44. The van der Waals surface area contributed by atoms with Gasteiger partial charge in [-0.1, -0.05) is 0 Å². The molecule has 0 saturated carbocycles. The number of carbonyl (C=O) groups excluding carboxylic acids is 1. The quantitative estimate of drug-likeness (QED) is 0.915. The maximum Gasteiger partial charge on any atom is 0.305 e. The van der Waals surface area contributed by atoms with Crippen molar-refractivity contribution in [3.05, 3.63) is 21.9 Å². The summed E-state index contributed by atoms with van der Waals surface area (Å²) in [6, 6.07) is -0.150. The van der Waals surface area contributed by atoms with Gasteiger partial charge in [0.1, 0.15) is 0 Å². The molecule has 4 nitrogen and oxygen atoms in total. The van der Waals surface area contributed by atoms with Crippen LogP contribution in [0.3, 0.4) is 0 Å². The number of carboxylic acid groups (broad SMARTS) is 1. The van der Waals surface area contributed by atoms with Crippen LogP contribution in [0.15, 0.2) is 10.8 Å². The van der Waals surface area contributed by atoms with Crippen molar-refractivity contribution in [1.29, 1.82) is 0 Å². The van der Waals surface area contributed by atoms with Gasteiger partial charge in [0.05, 0.1) is 12.0 Å². The Morgan fingerprint density at radius 1 is 1.44 bits per heavy atom. The van der Waals surface area contributed by atoms with Crippen LogP contribution in [0.5, 0.6) is 0 Å². The molecule has 1 atom stereocenters. The Morgan fingerprint density at radius 3 is 2.83 bits per heavy atom. The molecule has 1 saturated heterocycles. The number of carboxylic acids is 1. The van der Waals surface area contributed by atoms with E-state index in [-0.39, 0.29) is 18.4 Å². The van der Waals surface area contributed by atoms with E-state index in [0.29, 0.717) is 6.54 Å². The zero-order valence-corrected chi connectivity index (χ0v) is 11.2. The molecule has 5 heteroatoms. The van der Waals surface area contributed by atoms with E-state index in [1.54, 1.807) is 4.90 Å². The largest absolute Gasteiger partial charge is 0.481 e. The second-order valence-corrected chi connectivity index (χ2v) is 5.46. The molecule has 0 aliphatic carbocycles. The Labute approximate surface area is 110 Å². The van der Waals surface area contributed by atoms with Crippen molar-refractivity contribution in [1.82, 2.24) is 4.90 Å². The standard InChI is InChI=1S/C13H17NO3S/c1-9-7-18-8-11(9)13(17)14-5-3-2-4-10(14)6-12(15)16/h7-8,10H,2-6H2,1H3,(H,15,16). The average molecular weight is 267 g/mol. The first-order valence-electron chi connectivity index (χ1n) is 6.15. The number of amides is 1. The first-order valence-corrected chi connectivity index (χ1v) is 7.09. The summed E-state index contributed by atoms with van der Waals surface area (Å²) >= 11 is 1.51. The number of aliphatic carboxylic acids is 1. The Morgan fingerprint density at radius 2 is 2.22 bits per heavy atom. The number of likely N-dealkylation sites (tertiary alicyclic amines) is 1. The fourth-order valence-corrected chi connectivity index (χ4v) is 3.24. The molecule has 1 aromatic heterocycles. The van der Waals surface area contributed by atoms with Gasteiger partial charge in [-0.2, -0.15) is 11.3 Å². The molecule has 1 aromatic rings. The summed E-state index contributed by atoms with van der Waals surface area (Å²) in [5.41, 5.74) is 1.70. The molecule has 0 bridgehead atoms. The number of piperidine rings is 1. The summed E-state index contributed by atoms with van der Waals surface area (Å²) in [5, 5.41) is 12.7. The van der Waals surface area contributed by atoms with E-state index < -0.39 is 5.97 Å². The number of rotatable bonds is 3. The van der Waals surface area contributed by atoms with Crippen molar-refractivity contribution < 1.29 is 14.7 Å². The number of hydrogen-bond donors (Lipinski definition) is 1. The molecule has 1 aliphatic heterocycles. The van der Waals surface area contributed by atoms with Crippen molar-refractivity contribution in [2.24, 2.45) is 0 Å². The molecule has 0 spiro atoms. The third-order valence-electron chi connectivity index (χ3n) is 3.38. The fourth-order valence-electron chi connectivity index (χ4n) is 2.42. The van der Waals surface area contributed by atoms with Crippen LogP contribution in [0.25, 0.3) is 0 Å². The summed E-state index contributed by atoms with van der Waals surface area (Å²) < 4.78 is 0. The lowest BCUT2D eigenvalue weighted by Gasteiger charge is -2.35. The Balaban J connectivity index is 2.16. The van der Waals surface area contributed by atoms with E-state index in [2.05, 4.69) is 0 Å². The lowest BCUT2D eigenvalue weighted by molar-refractivity contribution is -0.138. The van der Waals surface area contributed by atoms with Gasteiger partial charge in [0, 0.05) is 18.0 Å². The van der Waals surface area contributed by atoms with Gasteiger partial charge < -0.3 is 10.0 Å². The fraction of sp³-hybridized carbons (Fsp3) is 0.538. The third-order valence-corrected chi connectivity index (χ3v) is 4.25. The van der Waals surface area contributed by atoms with Crippen LogP contribution in [0, 0.1) is 6.92 Å². The Hall–Kier alpha value is -1.36. The first-order chi connectivity index (χ1) is 8.59. The van der Waals surface area contributed by atoms with E-state index in [9.17, 15) is 9.59 Å². The number of hydrogen-bond acceptors (Lipinski definition) is 3. The minimum Gasteiger partial charge on any atom is -0.481 e. The van der Waals surface area contributed by atoms with Crippen molar-refractivity contribution in [2.75, 3.05) is 6.54 Å². The molecular formula is C13H17NO3S. The molecule has 18 heavy (non-hydrogen) atoms. The maximum atomic E-state index is 12.4. The maximum absolute atomic E-state index is 12.4. The summed E-state index contributed by atoms with van der Waals surface area (Å²) in [6.45, 7) is 2.59. The van der Waals surface area contributed by atoms with Gasteiger partial charge in [-0.25, -0.2) is 0 Å². The van der Waals surface area contributed by atoms with Gasteiger partial charge in [-0.15, -0.1) is 0 Å². The molecule has 2 heterocycles. The topological polar surface area (TPSA) is 57.6 Å². The molecular weight excluding hydrogens is 250 g/mol. The molecule has 0 aromatic carbocycles. The van der Waals surface area contributed by atoms with Gasteiger partial charge >= 0.3 is 5.97 Å². The number of aryl methyl sites for hydroxylation is 1. The number of carbonyl (C=O) groups is 2. The second kappa shape index (κ2) is 5.52. The van der Waals surface area contributed by atoms with Crippen molar-refractivity contribution >= 4 is 23.2 Å². The predicted molar refractivity (Wildman–Crippen MR) is 70.0 cm³/mol. The highest BCUT2D eigenvalue weighted by atomic mass is 32.1. The molecule has 1 aliphatic rings.